The predicted molar refractivity (Wildman–Crippen MR) is 147 cm³/mol. The molecule has 0 amide bonds. The van der Waals surface area contributed by atoms with Crippen LogP contribution in [0.25, 0.3) is 16.9 Å². The van der Waals surface area contributed by atoms with Gasteiger partial charge in [-0.15, -0.1) is 0 Å². The van der Waals surface area contributed by atoms with Crippen molar-refractivity contribution in [3.05, 3.63) is 106 Å². The Morgan fingerprint density at radius 2 is 1.62 bits per heavy atom. The number of para-hydroxylation sites is 1. The number of nitrogens with one attached hydrogen (secondary N) is 2. The smallest absolute Gasteiger partial charge is 0.240 e. The fraction of sp³-hybridized carbons (Fsp3) is 0.111. The van der Waals surface area contributed by atoms with Crippen LogP contribution in [0.15, 0.2) is 94.4 Å². The van der Waals surface area contributed by atoms with Crippen LogP contribution in [0.5, 0.6) is 5.75 Å². The quantitative estimate of drug-likeness (QED) is 0.232. The first kappa shape index (κ1) is 24.9. The van der Waals surface area contributed by atoms with Crippen molar-refractivity contribution >= 4 is 37.4 Å². The van der Waals surface area contributed by atoms with Crippen LogP contribution in [0.2, 0.25) is 0 Å². The van der Waals surface area contributed by atoms with Crippen molar-refractivity contribution in [2.24, 2.45) is 0 Å². The van der Waals surface area contributed by atoms with E-state index in [0.29, 0.717) is 29.3 Å². The Bertz CT molecular complexity index is 1670. The van der Waals surface area contributed by atoms with Crippen molar-refractivity contribution < 1.29 is 13.5 Å². The molecule has 37 heavy (non-hydrogen) atoms. The van der Waals surface area contributed by atoms with E-state index in [4.69, 9.17) is 0 Å². The number of fused-ring (bicyclic) bond motifs is 1. The third kappa shape index (κ3) is 5.51. The molecule has 188 valence electrons. The summed E-state index contributed by atoms with van der Waals surface area (Å²) >= 11 is 3.49. The molecule has 0 radical (unpaired) electrons. The van der Waals surface area contributed by atoms with Crippen LogP contribution in [0.1, 0.15) is 16.7 Å². The lowest BCUT2D eigenvalue weighted by Gasteiger charge is -2.12. The molecule has 3 N–H and O–H groups in total. The van der Waals surface area contributed by atoms with Crippen LogP contribution >= 0.6 is 15.9 Å². The molecule has 5 aromatic rings. The molecule has 0 saturated carbocycles. The Kier molecular flexibility index (Phi) is 6.96. The second kappa shape index (κ2) is 10.3. The van der Waals surface area contributed by atoms with Gasteiger partial charge in [0.25, 0.3) is 0 Å². The molecule has 0 bridgehead atoms. The number of nitrogens with zero attached hydrogens (tertiary/aromatic N) is 3. The van der Waals surface area contributed by atoms with E-state index < -0.39 is 10.0 Å². The predicted octanol–water partition coefficient (Wildman–Crippen LogP) is 5.26. The summed E-state index contributed by atoms with van der Waals surface area (Å²) < 4.78 is 30.2. The van der Waals surface area contributed by atoms with Crippen molar-refractivity contribution in [1.29, 1.82) is 0 Å². The number of phenols is 1. The maximum absolute atomic E-state index is 12.5. The van der Waals surface area contributed by atoms with Crippen molar-refractivity contribution in [3.8, 4) is 17.0 Å². The summed E-state index contributed by atoms with van der Waals surface area (Å²) in [4.78, 5) is 4.90. The average Bonchev–Trinajstić information content (AvgIpc) is 3.28. The van der Waals surface area contributed by atoms with Gasteiger partial charge in [-0.1, -0.05) is 54.1 Å². The summed E-state index contributed by atoms with van der Waals surface area (Å²) in [6.45, 7) is 2.62. The highest BCUT2D eigenvalue weighted by atomic mass is 79.9. The number of benzene rings is 3. The maximum atomic E-state index is 12.5. The van der Waals surface area contributed by atoms with E-state index in [-0.39, 0.29) is 17.2 Å². The Morgan fingerprint density at radius 1 is 0.946 bits per heavy atom. The van der Waals surface area contributed by atoms with E-state index in [1.165, 1.54) is 0 Å². The highest BCUT2D eigenvalue weighted by Gasteiger charge is 2.15. The topological polar surface area (TPSA) is 109 Å². The van der Waals surface area contributed by atoms with Gasteiger partial charge in [0.05, 0.1) is 21.3 Å². The third-order valence-electron chi connectivity index (χ3n) is 5.90. The molecule has 0 unspecified atom stereocenters. The molecule has 8 nitrogen and oxygen atoms in total. The second-order valence-electron chi connectivity index (χ2n) is 8.58. The lowest BCUT2D eigenvalue weighted by Crippen LogP contribution is -2.23. The van der Waals surface area contributed by atoms with Crippen molar-refractivity contribution in [2.45, 2.75) is 24.9 Å². The van der Waals surface area contributed by atoms with Crippen LogP contribution in [-0.2, 0) is 23.1 Å². The second-order valence-corrected chi connectivity index (χ2v) is 11.2. The summed E-state index contributed by atoms with van der Waals surface area (Å²) in [6.07, 6.45) is 1.68. The fourth-order valence-electron chi connectivity index (χ4n) is 3.84. The first-order chi connectivity index (χ1) is 17.8. The van der Waals surface area contributed by atoms with Gasteiger partial charge >= 0.3 is 0 Å². The molecule has 0 aliphatic heterocycles. The standard InChI is InChI=1S/C27H24BrN5O3S/c1-18-6-12-21(13-7-18)37(35,36)31-16-20-10-8-19(9-11-20)15-29-26-14-24(22-4-2-3-5-25(22)34)32-27-23(28)17-30-33(26)27/h2-14,17,29,31,34H,15-16H2,1H3. The van der Waals surface area contributed by atoms with E-state index in [1.54, 1.807) is 47.1 Å². The molecular formula is C27H24BrN5O3S. The van der Waals surface area contributed by atoms with Crippen LogP contribution in [0, 0.1) is 6.92 Å². The molecule has 0 saturated heterocycles. The molecule has 2 heterocycles. The van der Waals surface area contributed by atoms with E-state index in [0.717, 1.165) is 21.2 Å². The van der Waals surface area contributed by atoms with E-state index in [2.05, 4.69) is 36.1 Å². The highest BCUT2D eigenvalue weighted by Crippen LogP contribution is 2.31. The molecule has 0 atom stereocenters. The van der Waals surface area contributed by atoms with Gasteiger partial charge in [-0.3, -0.25) is 0 Å². The number of aryl methyl sites for hydroxylation is 1. The van der Waals surface area contributed by atoms with Crippen LogP contribution < -0.4 is 10.0 Å². The minimum absolute atomic E-state index is 0.148. The summed E-state index contributed by atoms with van der Waals surface area (Å²) in [5.41, 5.74) is 4.72. The zero-order chi connectivity index (χ0) is 26.0. The Morgan fingerprint density at radius 3 is 2.32 bits per heavy atom. The minimum atomic E-state index is -3.58. The number of sulfonamides is 1. The number of rotatable bonds is 8. The first-order valence-electron chi connectivity index (χ1n) is 11.5. The Labute approximate surface area is 223 Å². The van der Waals surface area contributed by atoms with Crippen LogP contribution in [-0.4, -0.2) is 28.1 Å². The number of halogens is 1. The van der Waals surface area contributed by atoms with Gasteiger partial charge in [0.15, 0.2) is 5.65 Å². The number of anilines is 1. The van der Waals surface area contributed by atoms with Gasteiger partial charge in [-0.2, -0.15) is 9.61 Å². The largest absolute Gasteiger partial charge is 0.507 e. The number of aromatic hydroxyl groups is 1. The van der Waals surface area contributed by atoms with Gasteiger partial charge in [-0.05, 0) is 58.2 Å². The molecule has 0 spiro atoms. The zero-order valence-electron chi connectivity index (χ0n) is 19.9. The Balaban J connectivity index is 1.30. The maximum Gasteiger partial charge on any atom is 0.240 e. The van der Waals surface area contributed by atoms with Gasteiger partial charge in [0.2, 0.25) is 10.0 Å². The van der Waals surface area contributed by atoms with Gasteiger partial charge in [0, 0.05) is 24.7 Å². The zero-order valence-corrected chi connectivity index (χ0v) is 22.3. The summed E-state index contributed by atoms with van der Waals surface area (Å²) in [7, 11) is -3.58. The van der Waals surface area contributed by atoms with Crippen LogP contribution in [0.3, 0.4) is 0 Å². The van der Waals surface area contributed by atoms with Gasteiger partial charge in [-0.25, -0.2) is 18.1 Å². The Hall–Kier alpha value is -3.73. The van der Waals surface area contributed by atoms with Crippen molar-refractivity contribution in [3.63, 3.8) is 0 Å². The monoisotopic (exact) mass is 577 g/mol. The summed E-state index contributed by atoms with van der Waals surface area (Å²) in [5, 5.41) is 18.1. The molecule has 0 fully saturated rings. The molecule has 5 rings (SSSR count). The molecular weight excluding hydrogens is 554 g/mol. The lowest BCUT2D eigenvalue weighted by molar-refractivity contribution is 0.477. The molecule has 0 aliphatic carbocycles. The van der Waals surface area contributed by atoms with Crippen molar-refractivity contribution in [1.82, 2.24) is 19.3 Å². The highest BCUT2D eigenvalue weighted by molar-refractivity contribution is 9.10. The molecule has 10 heteroatoms. The van der Waals surface area contributed by atoms with Crippen LogP contribution in [0.4, 0.5) is 5.82 Å². The van der Waals surface area contributed by atoms with E-state index in [1.807, 2.05) is 49.4 Å². The first-order valence-corrected chi connectivity index (χ1v) is 13.8. The number of hydrogen-bond acceptors (Lipinski definition) is 6. The minimum Gasteiger partial charge on any atom is -0.507 e. The summed E-state index contributed by atoms with van der Waals surface area (Å²) in [6, 6.07) is 23.4. The normalized spacial score (nSPS) is 11.6. The fourth-order valence-corrected chi connectivity index (χ4v) is 5.20. The molecule has 0 aliphatic rings. The SMILES string of the molecule is Cc1ccc(S(=O)(=O)NCc2ccc(CNc3cc(-c4ccccc4O)nc4c(Br)cnn34)cc2)cc1. The number of phenolic OH excluding ortho intramolecular Hbond substituents is 1. The number of hydrogen-bond donors (Lipinski definition) is 3. The van der Waals surface area contributed by atoms with E-state index >= 15 is 0 Å². The average molecular weight is 578 g/mol. The number of aromatic nitrogens is 3. The molecule has 2 aromatic heterocycles. The summed E-state index contributed by atoms with van der Waals surface area (Å²) in [5.74, 6) is 0.860. The van der Waals surface area contributed by atoms with Gasteiger partial charge in [0.1, 0.15) is 11.6 Å². The van der Waals surface area contributed by atoms with Gasteiger partial charge < -0.3 is 10.4 Å². The van der Waals surface area contributed by atoms with E-state index in [9.17, 15) is 13.5 Å². The van der Waals surface area contributed by atoms with Crippen molar-refractivity contribution in [2.75, 3.05) is 5.32 Å². The third-order valence-corrected chi connectivity index (χ3v) is 7.88. The lowest BCUT2D eigenvalue weighted by atomic mass is 10.1. The molecule has 3 aromatic carbocycles.